The zero-order valence-corrected chi connectivity index (χ0v) is 19.4. The van der Waals surface area contributed by atoms with Gasteiger partial charge in [-0.15, -0.1) is 0 Å². The summed E-state index contributed by atoms with van der Waals surface area (Å²) in [7, 11) is 1.60. The summed E-state index contributed by atoms with van der Waals surface area (Å²) in [6.45, 7) is 6.90. The minimum atomic E-state index is -0.873. The number of hydrogen-bond donors (Lipinski definition) is 1. The second kappa shape index (κ2) is 9.46. The molecule has 0 unspecified atom stereocenters. The third-order valence-electron chi connectivity index (χ3n) is 7.33. The maximum absolute atomic E-state index is 13.1. The highest BCUT2D eigenvalue weighted by molar-refractivity contribution is 6.09. The SMILES string of the molecule is CCC(C)(C)C1CCC2(CC1)NC(=O)N(CC(=O)N(C)CCOc1ccc(F)cc1)C2=O. The van der Waals surface area contributed by atoms with Gasteiger partial charge in [0.2, 0.25) is 5.91 Å². The number of nitrogens with one attached hydrogen (secondary N) is 1. The number of ether oxygens (including phenoxy) is 1. The van der Waals surface area contributed by atoms with Crippen molar-refractivity contribution in [3.05, 3.63) is 30.1 Å². The van der Waals surface area contributed by atoms with Gasteiger partial charge in [-0.05, 0) is 61.3 Å². The minimum absolute atomic E-state index is 0.210. The number of rotatable bonds is 8. The van der Waals surface area contributed by atoms with Crippen molar-refractivity contribution in [2.75, 3.05) is 26.7 Å². The molecule has 1 spiro atoms. The summed E-state index contributed by atoms with van der Waals surface area (Å²) >= 11 is 0. The van der Waals surface area contributed by atoms with Crippen LogP contribution in [0.5, 0.6) is 5.75 Å². The van der Waals surface area contributed by atoms with Gasteiger partial charge in [0.25, 0.3) is 5.91 Å². The van der Waals surface area contributed by atoms with Crippen molar-refractivity contribution < 1.29 is 23.5 Å². The van der Waals surface area contributed by atoms with Crippen molar-refractivity contribution in [1.82, 2.24) is 15.1 Å². The average molecular weight is 448 g/mol. The van der Waals surface area contributed by atoms with Crippen molar-refractivity contribution in [1.29, 1.82) is 0 Å². The molecule has 176 valence electrons. The van der Waals surface area contributed by atoms with Crippen molar-refractivity contribution in [3.8, 4) is 5.75 Å². The standard InChI is InChI=1S/C24H34FN3O4/c1-5-23(2,3)17-10-12-24(13-11-17)21(30)28(22(31)26-24)16-20(29)27(4)14-15-32-19-8-6-18(25)7-9-19/h6-9,17H,5,10-16H2,1-4H3,(H,26,31). The molecule has 32 heavy (non-hydrogen) atoms. The normalized spacial score (nSPS) is 23.4. The summed E-state index contributed by atoms with van der Waals surface area (Å²) in [6.07, 6.45) is 4.06. The predicted molar refractivity (Wildman–Crippen MR) is 119 cm³/mol. The van der Waals surface area contributed by atoms with Crippen LogP contribution in [0.3, 0.4) is 0 Å². The zero-order valence-electron chi connectivity index (χ0n) is 19.4. The predicted octanol–water partition coefficient (Wildman–Crippen LogP) is 3.58. The summed E-state index contributed by atoms with van der Waals surface area (Å²) in [4.78, 5) is 40.8. The van der Waals surface area contributed by atoms with Crippen LogP contribution in [-0.4, -0.2) is 59.9 Å². The molecule has 1 aliphatic carbocycles. The van der Waals surface area contributed by atoms with E-state index >= 15 is 0 Å². The first-order valence-electron chi connectivity index (χ1n) is 11.3. The number of likely N-dealkylation sites (N-methyl/N-ethyl adjacent to an activating group) is 1. The number of nitrogens with zero attached hydrogens (tertiary/aromatic N) is 2. The first-order valence-corrected chi connectivity index (χ1v) is 11.3. The van der Waals surface area contributed by atoms with Gasteiger partial charge in [-0.1, -0.05) is 27.2 Å². The lowest BCUT2D eigenvalue weighted by molar-refractivity contribution is -0.139. The topological polar surface area (TPSA) is 79.0 Å². The third kappa shape index (κ3) is 5.05. The summed E-state index contributed by atoms with van der Waals surface area (Å²) in [5, 5.41) is 2.88. The zero-order chi connectivity index (χ0) is 23.5. The van der Waals surface area contributed by atoms with Crippen LogP contribution in [0.15, 0.2) is 24.3 Å². The van der Waals surface area contributed by atoms with Gasteiger partial charge in [0, 0.05) is 7.05 Å². The molecule has 2 fully saturated rings. The van der Waals surface area contributed by atoms with Gasteiger partial charge < -0.3 is 15.0 Å². The second-order valence-electron chi connectivity index (χ2n) is 9.64. The molecule has 1 aromatic rings. The van der Waals surface area contributed by atoms with Crippen LogP contribution in [0, 0.1) is 17.2 Å². The van der Waals surface area contributed by atoms with E-state index in [2.05, 4.69) is 26.1 Å². The van der Waals surface area contributed by atoms with Crippen LogP contribution in [0.1, 0.15) is 52.9 Å². The first kappa shape index (κ1) is 24.0. The number of hydrogen-bond acceptors (Lipinski definition) is 4. The van der Waals surface area contributed by atoms with Gasteiger partial charge in [0.1, 0.15) is 30.3 Å². The molecule has 8 heteroatoms. The van der Waals surface area contributed by atoms with E-state index in [1.165, 1.54) is 29.2 Å². The van der Waals surface area contributed by atoms with Gasteiger partial charge in [0.05, 0.1) is 6.54 Å². The fourth-order valence-electron chi connectivity index (χ4n) is 4.55. The monoisotopic (exact) mass is 447 g/mol. The van der Waals surface area contributed by atoms with Crippen molar-refractivity contribution in [2.45, 2.75) is 58.4 Å². The molecule has 7 nitrogen and oxygen atoms in total. The summed E-state index contributed by atoms with van der Waals surface area (Å²) < 4.78 is 18.5. The fourth-order valence-corrected chi connectivity index (χ4v) is 4.55. The van der Waals surface area contributed by atoms with Crippen LogP contribution >= 0.6 is 0 Å². The Morgan fingerprint density at radius 1 is 1.25 bits per heavy atom. The smallest absolute Gasteiger partial charge is 0.325 e. The maximum Gasteiger partial charge on any atom is 0.325 e. The number of amides is 4. The molecule has 3 rings (SSSR count). The Labute approximate surface area is 189 Å². The van der Waals surface area contributed by atoms with E-state index < -0.39 is 11.6 Å². The first-order chi connectivity index (χ1) is 15.1. The second-order valence-corrected chi connectivity index (χ2v) is 9.64. The molecule has 1 heterocycles. The number of halogens is 1. The molecule has 0 aromatic heterocycles. The highest BCUT2D eigenvalue weighted by atomic mass is 19.1. The Kier molecular flexibility index (Phi) is 7.10. The molecule has 4 amide bonds. The molecule has 1 N–H and O–H groups in total. The highest BCUT2D eigenvalue weighted by Gasteiger charge is 2.53. The van der Waals surface area contributed by atoms with Crippen molar-refractivity contribution in [2.24, 2.45) is 11.3 Å². The van der Waals surface area contributed by atoms with Crippen LogP contribution in [0.2, 0.25) is 0 Å². The van der Waals surface area contributed by atoms with Crippen LogP contribution in [0.25, 0.3) is 0 Å². The maximum atomic E-state index is 13.1. The van der Waals surface area contributed by atoms with E-state index in [9.17, 15) is 18.8 Å². The van der Waals surface area contributed by atoms with E-state index in [-0.39, 0.29) is 42.7 Å². The van der Waals surface area contributed by atoms with Gasteiger partial charge in [-0.25, -0.2) is 9.18 Å². The van der Waals surface area contributed by atoms with E-state index in [0.717, 1.165) is 24.2 Å². The molecule has 1 saturated heterocycles. The molecule has 1 aliphatic heterocycles. The van der Waals surface area contributed by atoms with Crippen LogP contribution in [-0.2, 0) is 9.59 Å². The Bertz CT molecular complexity index is 847. The number of urea groups is 1. The van der Waals surface area contributed by atoms with E-state index in [4.69, 9.17) is 4.74 Å². The summed E-state index contributed by atoms with van der Waals surface area (Å²) in [5.41, 5.74) is -0.663. The van der Waals surface area contributed by atoms with Gasteiger partial charge in [-0.3, -0.25) is 14.5 Å². The molecule has 1 saturated carbocycles. The molecule has 2 aliphatic rings. The van der Waals surface area contributed by atoms with E-state index in [0.29, 0.717) is 24.5 Å². The van der Waals surface area contributed by atoms with E-state index in [1.807, 2.05) is 0 Å². The average Bonchev–Trinajstić information content (AvgIpc) is 2.99. The summed E-state index contributed by atoms with van der Waals surface area (Å²) in [6, 6.07) is 5.13. The minimum Gasteiger partial charge on any atom is -0.492 e. The number of benzene rings is 1. The molecular weight excluding hydrogens is 413 g/mol. The van der Waals surface area contributed by atoms with Crippen LogP contribution in [0.4, 0.5) is 9.18 Å². The molecule has 0 radical (unpaired) electrons. The Morgan fingerprint density at radius 2 is 1.88 bits per heavy atom. The Morgan fingerprint density at radius 3 is 2.47 bits per heavy atom. The quantitative estimate of drug-likeness (QED) is 0.618. The number of carbonyl (C=O) groups excluding carboxylic acids is 3. The third-order valence-corrected chi connectivity index (χ3v) is 7.33. The largest absolute Gasteiger partial charge is 0.492 e. The lowest BCUT2D eigenvalue weighted by atomic mass is 9.65. The molecule has 0 atom stereocenters. The molecular formula is C24H34FN3O4. The Hall–Kier alpha value is -2.64. The Balaban J connectivity index is 1.51. The molecule has 0 bridgehead atoms. The van der Waals surface area contributed by atoms with Crippen LogP contribution < -0.4 is 10.1 Å². The van der Waals surface area contributed by atoms with Gasteiger partial charge in [0.15, 0.2) is 0 Å². The molecule has 1 aromatic carbocycles. The lowest BCUT2D eigenvalue weighted by Crippen LogP contribution is -2.51. The fraction of sp³-hybridized carbons (Fsp3) is 0.625. The summed E-state index contributed by atoms with van der Waals surface area (Å²) in [5.74, 6) is 0.0445. The van der Waals surface area contributed by atoms with E-state index in [1.54, 1.807) is 7.05 Å². The van der Waals surface area contributed by atoms with Gasteiger partial charge in [-0.2, -0.15) is 0 Å². The van der Waals surface area contributed by atoms with Crippen molar-refractivity contribution in [3.63, 3.8) is 0 Å². The lowest BCUT2D eigenvalue weighted by Gasteiger charge is -2.42. The van der Waals surface area contributed by atoms with Gasteiger partial charge >= 0.3 is 6.03 Å². The number of imide groups is 1. The van der Waals surface area contributed by atoms with Crippen molar-refractivity contribution >= 4 is 17.8 Å². The highest BCUT2D eigenvalue weighted by Crippen LogP contribution is 2.45. The number of carbonyl (C=O) groups is 3.